The number of nitrogen functional groups attached to an aromatic ring is 1. The maximum atomic E-state index is 10.5. The minimum absolute atomic E-state index is 0.108. The molecule has 0 saturated carbocycles. The van der Waals surface area contributed by atoms with E-state index in [1.165, 1.54) is 45.0 Å². The van der Waals surface area contributed by atoms with Gasteiger partial charge in [0.1, 0.15) is 17.3 Å². The van der Waals surface area contributed by atoms with Crippen molar-refractivity contribution in [2.75, 3.05) is 45.6 Å². The van der Waals surface area contributed by atoms with Crippen molar-refractivity contribution in [3.05, 3.63) is 17.3 Å². The van der Waals surface area contributed by atoms with Gasteiger partial charge in [0.25, 0.3) is 0 Å². The van der Waals surface area contributed by atoms with Crippen molar-refractivity contribution in [2.45, 2.75) is 26.2 Å². The Labute approximate surface area is 143 Å². The number of rotatable bonds is 6. The van der Waals surface area contributed by atoms with Crippen LogP contribution in [0.5, 0.6) is 5.88 Å². The van der Waals surface area contributed by atoms with Gasteiger partial charge in [0.2, 0.25) is 5.88 Å². The Hall–Kier alpha value is -2.17. The van der Waals surface area contributed by atoms with Gasteiger partial charge in [0.15, 0.2) is 6.29 Å². The van der Waals surface area contributed by atoms with Crippen LogP contribution in [0.2, 0.25) is 0 Å². The Morgan fingerprint density at radius 1 is 1.46 bits per heavy atom. The molecule has 0 spiro atoms. The SMILES string of the molecule is CCOc1nc(C=O)cc(N)c1C#N.CNCCN1CCCCC1. The van der Waals surface area contributed by atoms with Gasteiger partial charge in [-0.25, -0.2) is 4.98 Å². The topological polar surface area (TPSA) is 104 Å². The van der Waals surface area contributed by atoms with E-state index in [0.29, 0.717) is 12.9 Å². The van der Waals surface area contributed by atoms with Crippen molar-refractivity contribution in [1.82, 2.24) is 15.2 Å². The van der Waals surface area contributed by atoms with Crippen LogP contribution in [-0.4, -0.2) is 56.0 Å². The molecule has 7 heteroatoms. The lowest BCUT2D eigenvalue weighted by molar-refractivity contribution is 0.111. The van der Waals surface area contributed by atoms with Crippen molar-refractivity contribution < 1.29 is 9.53 Å². The molecule has 0 radical (unpaired) electrons. The third kappa shape index (κ3) is 6.52. The van der Waals surface area contributed by atoms with E-state index in [9.17, 15) is 4.79 Å². The van der Waals surface area contributed by atoms with E-state index in [2.05, 4.69) is 15.2 Å². The number of aromatic nitrogens is 1. The number of likely N-dealkylation sites (N-methyl/N-ethyl adjacent to an activating group) is 1. The highest BCUT2D eigenvalue weighted by molar-refractivity contribution is 5.76. The number of pyridine rings is 1. The highest BCUT2D eigenvalue weighted by Gasteiger charge is 2.11. The predicted octanol–water partition coefficient (Wildman–Crippen LogP) is 1.44. The summed E-state index contributed by atoms with van der Waals surface area (Å²) in [6.07, 6.45) is 4.81. The van der Waals surface area contributed by atoms with E-state index in [1.807, 2.05) is 13.1 Å². The van der Waals surface area contributed by atoms with Crippen molar-refractivity contribution in [2.24, 2.45) is 0 Å². The number of likely N-dealkylation sites (tertiary alicyclic amines) is 1. The van der Waals surface area contributed by atoms with Crippen molar-refractivity contribution in [3.63, 3.8) is 0 Å². The van der Waals surface area contributed by atoms with Crippen molar-refractivity contribution in [3.8, 4) is 11.9 Å². The first-order valence-electron chi connectivity index (χ1n) is 8.31. The normalized spacial score (nSPS) is 14.2. The highest BCUT2D eigenvalue weighted by atomic mass is 16.5. The summed E-state index contributed by atoms with van der Waals surface area (Å²) < 4.78 is 5.08. The third-order valence-corrected chi connectivity index (χ3v) is 3.68. The quantitative estimate of drug-likeness (QED) is 0.759. The number of nitrogens with two attached hydrogens (primary N) is 1. The smallest absolute Gasteiger partial charge is 0.234 e. The van der Waals surface area contributed by atoms with Gasteiger partial charge in [0, 0.05) is 13.1 Å². The third-order valence-electron chi connectivity index (χ3n) is 3.68. The molecule has 0 aliphatic carbocycles. The summed E-state index contributed by atoms with van der Waals surface area (Å²) in [4.78, 5) is 16.8. The first-order valence-corrected chi connectivity index (χ1v) is 8.31. The van der Waals surface area contributed by atoms with Crippen LogP contribution >= 0.6 is 0 Å². The largest absolute Gasteiger partial charge is 0.477 e. The van der Waals surface area contributed by atoms with E-state index in [4.69, 9.17) is 15.7 Å². The van der Waals surface area contributed by atoms with Gasteiger partial charge in [-0.2, -0.15) is 5.26 Å². The first kappa shape index (κ1) is 19.9. The maximum absolute atomic E-state index is 10.5. The number of ether oxygens (including phenoxy) is 1. The molecule has 0 aromatic carbocycles. The van der Waals surface area contributed by atoms with Gasteiger partial charge >= 0.3 is 0 Å². The van der Waals surface area contributed by atoms with Crippen LogP contribution in [0.4, 0.5) is 5.69 Å². The number of carbonyl (C=O) groups excluding carboxylic acids is 1. The van der Waals surface area contributed by atoms with Gasteiger partial charge in [0.05, 0.1) is 12.3 Å². The minimum atomic E-state index is 0.108. The Kier molecular flexibility index (Phi) is 9.42. The van der Waals surface area contributed by atoms with Crippen molar-refractivity contribution >= 4 is 12.0 Å². The Morgan fingerprint density at radius 2 is 2.17 bits per heavy atom. The number of nitriles is 1. The van der Waals surface area contributed by atoms with E-state index in [-0.39, 0.29) is 22.8 Å². The summed E-state index contributed by atoms with van der Waals surface area (Å²) >= 11 is 0. The number of hydrogen-bond donors (Lipinski definition) is 2. The average Bonchev–Trinajstić information content (AvgIpc) is 2.61. The van der Waals surface area contributed by atoms with E-state index < -0.39 is 0 Å². The number of nitrogens with one attached hydrogen (secondary N) is 1. The van der Waals surface area contributed by atoms with E-state index in [1.54, 1.807) is 6.92 Å². The number of hydrogen-bond acceptors (Lipinski definition) is 7. The molecule has 132 valence electrons. The second-order valence-corrected chi connectivity index (χ2v) is 5.49. The number of anilines is 1. The molecule has 0 atom stereocenters. The van der Waals surface area contributed by atoms with Crippen LogP contribution in [0.15, 0.2) is 6.07 Å². The molecule has 0 bridgehead atoms. The van der Waals surface area contributed by atoms with Crippen LogP contribution in [0, 0.1) is 11.3 Å². The molecule has 1 saturated heterocycles. The van der Waals surface area contributed by atoms with E-state index in [0.717, 1.165) is 6.54 Å². The molecule has 1 aromatic heterocycles. The summed E-state index contributed by atoms with van der Waals surface area (Å²) in [6, 6.07) is 3.21. The molecular weight excluding hydrogens is 306 g/mol. The fourth-order valence-corrected chi connectivity index (χ4v) is 2.43. The maximum Gasteiger partial charge on any atom is 0.234 e. The number of piperidine rings is 1. The van der Waals surface area contributed by atoms with Crippen LogP contribution in [0.3, 0.4) is 0 Å². The van der Waals surface area contributed by atoms with Gasteiger partial charge in [-0.3, -0.25) is 4.79 Å². The predicted molar refractivity (Wildman–Crippen MR) is 94.1 cm³/mol. The molecule has 1 aliphatic rings. The molecule has 24 heavy (non-hydrogen) atoms. The second-order valence-electron chi connectivity index (χ2n) is 5.49. The van der Waals surface area contributed by atoms with Gasteiger partial charge in [-0.15, -0.1) is 0 Å². The lowest BCUT2D eigenvalue weighted by Gasteiger charge is -2.25. The monoisotopic (exact) mass is 333 g/mol. The minimum Gasteiger partial charge on any atom is -0.477 e. The highest BCUT2D eigenvalue weighted by Crippen LogP contribution is 2.21. The molecule has 3 N–H and O–H groups in total. The zero-order valence-electron chi connectivity index (χ0n) is 14.5. The molecule has 7 nitrogen and oxygen atoms in total. The van der Waals surface area contributed by atoms with Crippen molar-refractivity contribution in [1.29, 1.82) is 5.26 Å². The molecule has 2 heterocycles. The first-order chi connectivity index (χ1) is 11.7. The van der Waals surface area contributed by atoms with Gasteiger partial charge in [-0.05, 0) is 46.0 Å². The lowest BCUT2D eigenvalue weighted by atomic mass is 10.1. The second kappa shape index (κ2) is 11.4. The van der Waals surface area contributed by atoms with Gasteiger partial charge in [-0.1, -0.05) is 6.42 Å². The molecule has 0 unspecified atom stereocenters. The molecule has 1 fully saturated rings. The average molecular weight is 333 g/mol. The molecule has 0 amide bonds. The Bertz CT molecular complexity index is 551. The fraction of sp³-hybridized carbons (Fsp3) is 0.588. The van der Waals surface area contributed by atoms with Crippen LogP contribution in [0.1, 0.15) is 42.2 Å². The fourth-order valence-electron chi connectivity index (χ4n) is 2.43. The lowest BCUT2D eigenvalue weighted by Crippen LogP contribution is -2.34. The Balaban J connectivity index is 0.000000254. The molecule has 1 aliphatic heterocycles. The summed E-state index contributed by atoms with van der Waals surface area (Å²) in [5.74, 6) is 0.108. The van der Waals surface area contributed by atoms with Crippen LogP contribution in [0.25, 0.3) is 0 Å². The standard InChI is InChI=1S/C9H9N3O2.C8H18N2/c1-2-14-9-7(4-10)8(11)3-6(5-13)12-9;1-9-5-8-10-6-3-2-4-7-10/h3,5H,2H2,1H3,(H2,11,12);9H,2-8H2,1H3. The van der Waals surface area contributed by atoms with E-state index >= 15 is 0 Å². The summed E-state index contributed by atoms with van der Waals surface area (Å²) in [5, 5.41) is 11.9. The molecular formula is C17H27N5O2. The summed E-state index contributed by atoms with van der Waals surface area (Å²) in [6.45, 7) is 7.13. The summed E-state index contributed by atoms with van der Waals surface area (Å²) in [5.41, 5.74) is 6.06. The number of nitrogens with zero attached hydrogens (tertiary/aromatic N) is 3. The zero-order valence-corrected chi connectivity index (χ0v) is 14.5. The zero-order chi connectivity index (χ0) is 17.8. The Morgan fingerprint density at radius 3 is 2.71 bits per heavy atom. The molecule has 2 rings (SSSR count). The number of aldehydes is 1. The van der Waals surface area contributed by atoms with Crippen LogP contribution in [-0.2, 0) is 0 Å². The summed E-state index contributed by atoms with van der Waals surface area (Å²) in [7, 11) is 2.02. The van der Waals surface area contributed by atoms with Crippen LogP contribution < -0.4 is 15.8 Å². The van der Waals surface area contributed by atoms with Gasteiger partial charge < -0.3 is 20.7 Å². The number of carbonyl (C=O) groups is 1. The molecule has 1 aromatic rings.